The Morgan fingerprint density at radius 3 is 1.91 bits per heavy atom. The monoisotopic (exact) mass is 452 g/mol. The number of benzene rings is 3. The summed E-state index contributed by atoms with van der Waals surface area (Å²) in [6.07, 6.45) is -3.79. The summed E-state index contributed by atoms with van der Waals surface area (Å²) in [6.45, 7) is 0. The first-order chi connectivity index (χ1) is 15.3. The van der Waals surface area contributed by atoms with Gasteiger partial charge in [-0.2, -0.15) is 13.3 Å². The molecule has 2 N–H and O–H groups in total. The van der Waals surface area contributed by atoms with E-state index in [-0.39, 0.29) is 21.1 Å². The number of methoxy groups -OCH3 is 1. The molecule has 10 heteroatoms. The summed E-state index contributed by atoms with van der Waals surface area (Å²) in [6, 6.07) is 19.3. The van der Waals surface area contributed by atoms with Crippen molar-refractivity contribution in [1.29, 1.82) is 0 Å². The van der Waals surface area contributed by atoms with E-state index < -0.39 is 28.0 Å². The molecule has 0 bridgehead atoms. The lowest BCUT2D eigenvalue weighted by atomic mass is 9.91. The van der Waals surface area contributed by atoms with Crippen LogP contribution in [0.4, 0.5) is 9.59 Å². The summed E-state index contributed by atoms with van der Waals surface area (Å²) in [4.78, 5) is 22.8. The number of hydrogen-bond acceptors (Lipinski definition) is 5. The molecule has 0 fully saturated rings. The highest BCUT2D eigenvalue weighted by Crippen LogP contribution is 2.47. The summed E-state index contributed by atoms with van der Waals surface area (Å²) < 4.78 is 34.8. The predicted octanol–water partition coefficient (Wildman–Crippen LogP) is 4.14. The van der Waals surface area contributed by atoms with Crippen LogP contribution in [0.5, 0.6) is 5.75 Å². The number of ether oxygens (including phenoxy) is 1. The summed E-state index contributed by atoms with van der Waals surface area (Å²) in [5, 5.41) is 18.8. The van der Waals surface area contributed by atoms with Crippen molar-refractivity contribution in [1.82, 2.24) is 4.90 Å². The maximum Gasteiger partial charge on any atom is 0.422 e. The molecule has 0 aliphatic carbocycles. The van der Waals surface area contributed by atoms with Crippen molar-refractivity contribution in [3.63, 3.8) is 0 Å². The number of sulfonamides is 1. The van der Waals surface area contributed by atoms with Crippen LogP contribution in [0.3, 0.4) is 0 Å². The molecule has 3 aromatic carbocycles. The van der Waals surface area contributed by atoms with Crippen LogP contribution in [0.15, 0.2) is 76.0 Å². The van der Waals surface area contributed by atoms with Crippen molar-refractivity contribution in [3.05, 3.63) is 72.3 Å². The number of fused-ring (bicyclic) bond motifs is 1. The lowest BCUT2D eigenvalue weighted by Gasteiger charge is -2.20. The number of rotatable bonds is 3. The van der Waals surface area contributed by atoms with Gasteiger partial charge in [-0.15, -0.1) is 4.40 Å². The van der Waals surface area contributed by atoms with Crippen molar-refractivity contribution in [2.75, 3.05) is 7.11 Å². The molecular formula is C22H16N2O7S. The van der Waals surface area contributed by atoms with E-state index in [0.717, 1.165) is 0 Å². The van der Waals surface area contributed by atoms with Crippen LogP contribution in [0, 0.1) is 0 Å². The van der Waals surface area contributed by atoms with Crippen molar-refractivity contribution < 1.29 is 33.0 Å². The van der Waals surface area contributed by atoms with Crippen LogP contribution in [0.2, 0.25) is 0 Å². The molecule has 32 heavy (non-hydrogen) atoms. The van der Waals surface area contributed by atoms with Gasteiger partial charge in [0.05, 0.1) is 12.7 Å². The van der Waals surface area contributed by atoms with Crippen LogP contribution < -0.4 is 4.74 Å². The van der Waals surface area contributed by atoms with E-state index in [2.05, 4.69) is 4.40 Å². The lowest BCUT2D eigenvalue weighted by molar-refractivity contribution is 0.145. The highest BCUT2D eigenvalue weighted by atomic mass is 32.2. The second-order valence-corrected chi connectivity index (χ2v) is 8.30. The molecule has 0 radical (unpaired) electrons. The smallest absolute Gasteiger partial charge is 0.422 e. The zero-order valence-corrected chi connectivity index (χ0v) is 17.4. The summed E-state index contributed by atoms with van der Waals surface area (Å²) in [5.74, 6) is -0.756. The molecule has 9 nitrogen and oxygen atoms in total. The predicted molar refractivity (Wildman–Crippen MR) is 115 cm³/mol. The van der Waals surface area contributed by atoms with Crippen molar-refractivity contribution in [2.24, 2.45) is 4.40 Å². The molecule has 162 valence electrons. The number of imide groups is 1. The molecular weight excluding hydrogens is 436 g/mol. The largest absolute Gasteiger partial charge is 0.495 e. The first-order valence-electron chi connectivity index (χ1n) is 9.23. The topological polar surface area (TPSA) is 134 Å². The number of hydrogen-bond donors (Lipinski definition) is 2. The van der Waals surface area contributed by atoms with Gasteiger partial charge in [0.25, 0.3) is 10.0 Å². The third kappa shape index (κ3) is 3.36. The SMILES string of the molecule is COc1c2c(cc(-c3ccccc3)c1-c1ccccc1)S(=O)(=O)N=C2N(C(=O)O)C(=O)O. The van der Waals surface area contributed by atoms with Gasteiger partial charge in [0.2, 0.25) is 0 Å². The quantitative estimate of drug-likeness (QED) is 0.610. The van der Waals surface area contributed by atoms with E-state index in [1.165, 1.54) is 13.2 Å². The Bertz CT molecular complexity index is 1350. The van der Waals surface area contributed by atoms with Gasteiger partial charge in [0, 0.05) is 5.56 Å². The van der Waals surface area contributed by atoms with Gasteiger partial charge < -0.3 is 14.9 Å². The first-order valence-corrected chi connectivity index (χ1v) is 10.7. The highest BCUT2D eigenvalue weighted by Gasteiger charge is 2.42. The normalized spacial score (nSPS) is 13.7. The number of amides is 2. The van der Waals surface area contributed by atoms with Crippen LogP contribution in [-0.2, 0) is 10.0 Å². The third-order valence-corrected chi connectivity index (χ3v) is 6.19. The molecule has 1 aliphatic rings. The fraction of sp³-hybridized carbons (Fsp3) is 0.0455. The second-order valence-electron chi connectivity index (χ2n) is 6.73. The molecule has 0 saturated heterocycles. The van der Waals surface area contributed by atoms with Gasteiger partial charge in [-0.3, -0.25) is 0 Å². The van der Waals surface area contributed by atoms with Crippen molar-refractivity contribution in [3.8, 4) is 28.0 Å². The third-order valence-electron chi connectivity index (χ3n) is 4.90. The van der Waals surface area contributed by atoms with E-state index in [1.54, 1.807) is 54.6 Å². The lowest BCUT2D eigenvalue weighted by Crippen LogP contribution is -2.40. The van der Waals surface area contributed by atoms with Crippen LogP contribution in [0.25, 0.3) is 22.3 Å². The van der Waals surface area contributed by atoms with Crippen LogP contribution in [0.1, 0.15) is 5.56 Å². The highest BCUT2D eigenvalue weighted by molar-refractivity contribution is 7.90. The minimum absolute atomic E-state index is 0.000113. The van der Waals surface area contributed by atoms with E-state index in [9.17, 15) is 28.2 Å². The van der Waals surface area contributed by atoms with E-state index in [4.69, 9.17) is 4.74 Å². The Balaban J connectivity index is 2.15. The average Bonchev–Trinajstić information content (AvgIpc) is 3.03. The van der Waals surface area contributed by atoms with E-state index in [1.807, 2.05) is 6.07 Å². The molecule has 3 aromatic rings. The fourth-order valence-corrected chi connectivity index (χ4v) is 4.82. The van der Waals surface area contributed by atoms with Crippen LogP contribution >= 0.6 is 0 Å². The molecule has 0 aromatic heterocycles. The minimum Gasteiger partial charge on any atom is -0.495 e. The molecule has 2 amide bonds. The molecule has 0 spiro atoms. The maximum absolute atomic E-state index is 12.9. The standard InChI is InChI=1S/C22H16N2O7S/c1-31-19-17(14-10-6-3-7-11-14)15(13-8-4-2-5-9-13)12-16-18(19)20(23-32(16,29)30)24(21(25)26)22(27)28/h2-12H,1H3,(H,25,26)(H,27,28). The average molecular weight is 452 g/mol. The summed E-state index contributed by atoms with van der Waals surface area (Å²) in [7, 11) is -3.09. The molecule has 0 atom stereocenters. The van der Waals surface area contributed by atoms with E-state index in [0.29, 0.717) is 22.3 Å². The Hall–Kier alpha value is -4.18. The fourth-order valence-electron chi connectivity index (χ4n) is 3.62. The van der Waals surface area contributed by atoms with Gasteiger partial charge in [0.1, 0.15) is 10.6 Å². The first kappa shape index (κ1) is 21.1. The van der Waals surface area contributed by atoms with Gasteiger partial charge in [0.15, 0.2) is 5.84 Å². The Kier molecular flexibility index (Phi) is 5.15. The summed E-state index contributed by atoms with van der Waals surface area (Å²) in [5.41, 5.74) is 2.09. The second kappa shape index (κ2) is 7.82. The van der Waals surface area contributed by atoms with Gasteiger partial charge in [-0.05, 0) is 22.8 Å². The minimum atomic E-state index is -4.39. The number of carbonyl (C=O) groups is 2. The van der Waals surface area contributed by atoms with Gasteiger partial charge in [-0.1, -0.05) is 60.7 Å². The Morgan fingerprint density at radius 2 is 1.41 bits per heavy atom. The maximum atomic E-state index is 12.9. The zero-order chi connectivity index (χ0) is 23.0. The number of amidine groups is 1. The summed E-state index contributed by atoms with van der Waals surface area (Å²) >= 11 is 0. The molecule has 4 rings (SSSR count). The Morgan fingerprint density at radius 1 is 0.875 bits per heavy atom. The van der Waals surface area contributed by atoms with Gasteiger partial charge >= 0.3 is 12.2 Å². The molecule has 1 aliphatic heterocycles. The van der Waals surface area contributed by atoms with Crippen molar-refractivity contribution in [2.45, 2.75) is 4.90 Å². The van der Waals surface area contributed by atoms with Gasteiger partial charge in [-0.25, -0.2) is 9.59 Å². The molecule has 0 unspecified atom stereocenters. The van der Waals surface area contributed by atoms with Crippen molar-refractivity contribution >= 4 is 28.0 Å². The molecule has 1 heterocycles. The Labute approximate surface area is 182 Å². The zero-order valence-electron chi connectivity index (χ0n) is 16.6. The number of nitrogens with zero attached hydrogens (tertiary/aromatic N) is 2. The van der Waals surface area contributed by atoms with E-state index >= 15 is 0 Å². The number of carboxylic acid groups (broad SMARTS) is 2. The van der Waals surface area contributed by atoms with Crippen LogP contribution in [-0.4, -0.2) is 48.7 Å². The molecule has 0 saturated carbocycles.